The first-order valence-corrected chi connectivity index (χ1v) is 8.46. The Morgan fingerprint density at radius 3 is 2.50 bits per heavy atom. The van der Waals surface area contributed by atoms with Crippen molar-refractivity contribution in [2.45, 2.75) is 56.5 Å². The highest BCUT2D eigenvalue weighted by molar-refractivity contribution is 6.30. The standard InChI is InChI=1S/C17H20ClN3O/c18-14-7-5-13(6-8-14)17(9-2-10-17)19-11-15-20-21-16(22-15)12-3-1-4-12/h5-8,12,19H,1-4,9-11H2. The maximum absolute atomic E-state index is 5.99. The summed E-state index contributed by atoms with van der Waals surface area (Å²) in [4.78, 5) is 0. The van der Waals surface area contributed by atoms with Gasteiger partial charge in [-0.05, 0) is 49.8 Å². The third-order valence-corrected chi connectivity index (χ3v) is 5.37. The maximum Gasteiger partial charge on any atom is 0.230 e. The van der Waals surface area contributed by atoms with Gasteiger partial charge in [0.05, 0.1) is 6.54 Å². The topological polar surface area (TPSA) is 51.0 Å². The van der Waals surface area contributed by atoms with Gasteiger partial charge in [0.15, 0.2) is 0 Å². The average molecular weight is 318 g/mol. The molecule has 1 heterocycles. The van der Waals surface area contributed by atoms with Crippen LogP contribution in [0.3, 0.4) is 0 Å². The molecule has 1 N–H and O–H groups in total. The van der Waals surface area contributed by atoms with Crippen molar-refractivity contribution in [2.24, 2.45) is 0 Å². The SMILES string of the molecule is Clc1ccc(C2(NCc3nnc(C4CCC4)o3)CCC2)cc1. The van der Waals surface area contributed by atoms with Crippen molar-refractivity contribution in [3.8, 4) is 0 Å². The lowest BCUT2D eigenvalue weighted by Crippen LogP contribution is -2.47. The summed E-state index contributed by atoms with van der Waals surface area (Å²) in [5, 5.41) is 12.8. The predicted octanol–water partition coefficient (Wildman–Crippen LogP) is 4.16. The first-order valence-electron chi connectivity index (χ1n) is 8.09. The van der Waals surface area contributed by atoms with Gasteiger partial charge in [-0.15, -0.1) is 10.2 Å². The fourth-order valence-corrected chi connectivity index (χ4v) is 3.40. The first-order chi connectivity index (χ1) is 10.8. The molecule has 2 saturated carbocycles. The number of hydrogen-bond acceptors (Lipinski definition) is 4. The molecule has 0 aliphatic heterocycles. The molecule has 0 saturated heterocycles. The van der Waals surface area contributed by atoms with Crippen LogP contribution in [0.1, 0.15) is 61.8 Å². The first kappa shape index (κ1) is 14.2. The molecule has 5 heteroatoms. The fraction of sp³-hybridized carbons (Fsp3) is 0.529. The minimum atomic E-state index is 0.0374. The molecule has 2 aliphatic rings. The zero-order chi connectivity index (χ0) is 15.0. The zero-order valence-electron chi connectivity index (χ0n) is 12.5. The van der Waals surface area contributed by atoms with E-state index in [0.29, 0.717) is 18.4 Å². The lowest BCUT2D eigenvalue weighted by molar-refractivity contribution is 0.176. The average Bonchev–Trinajstić information content (AvgIpc) is 2.86. The van der Waals surface area contributed by atoms with E-state index in [1.54, 1.807) is 0 Å². The Kier molecular flexibility index (Phi) is 3.66. The number of hydrogen-bond donors (Lipinski definition) is 1. The predicted molar refractivity (Wildman–Crippen MR) is 84.7 cm³/mol. The van der Waals surface area contributed by atoms with E-state index in [1.165, 1.54) is 31.2 Å². The Bertz CT molecular complexity index is 644. The van der Waals surface area contributed by atoms with Gasteiger partial charge in [0.25, 0.3) is 0 Å². The Labute approximate surface area is 135 Å². The third kappa shape index (κ3) is 2.55. The molecule has 0 spiro atoms. The van der Waals surface area contributed by atoms with Crippen molar-refractivity contribution >= 4 is 11.6 Å². The maximum atomic E-state index is 5.99. The van der Waals surface area contributed by atoms with E-state index in [9.17, 15) is 0 Å². The van der Waals surface area contributed by atoms with Crippen LogP contribution in [0.2, 0.25) is 5.02 Å². The summed E-state index contributed by atoms with van der Waals surface area (Å²) in [6.45, 7) is 0.627. The van der Waals surface area contributed by atoms with E-state index in [0.717, 1.165) is 23.8 Å². The normalized spacial score (nSPS) is 20.4. The molecule has 0 amide bonds. The lowest BCUT2D eigenvalue weighted by atomic mass is 9.72. The van der Waals surface area contributed by atoms with Crippen LogP contribution in [-0.4, -0.2) is 10.2 Å². The molecule has 2 aliphatic carbocycles. The van der Waals surface area contributed by atoms with Crippen molar-refractivity contribution in [1.82, 2.24) is 15.5 Å². The fourth-order valence-electron chi connectivity index (χ4n) is 3.27. The largest absolute Gasteiger partial charge is 0.424 e. The minimum Gasteiger partial charge on any atom is -0.424 e. The molecule has 22 heavy (non-hydrogen) atoms. The quantitative estimate of drug-likeness (QED) is 0.899. The van der Waals surface area contributed by atoms with Crippen LogP contribution in [0.15, 0.2) is 28.7 Å². The van der Waals surface area contributed by atoms with E-state index in [2.05, 4.69) is 27.6 Å². The van der Waals surface area contributed by atoms with Crippen LogP contribution in [-0.2, 0) is 12.1 Å². The molecule has 2 fully saturated rings. The monoisotopic (exact) mass is 317 g/mol. The Morgan fingerprint density at radius 1 is 1.14 bits per heavy atom. The second-order valence-corrected chi connectivity index (χ2v) is 6.89. The molecular formula is C17H20ClN3O. The van der Waals surface area contributed by atoms with E-state index in [-0.39, 0.29) is 5.54 Å². The molecular weight excluding hydrogens is 298 g/mol. The van der Waals surface area contributed by atoms with Crippen LogP contribution >= 0.6 is 11.6 Å². The summed E-state index contributed by atoms with van der Waals surface area (Å²) >= 11 is 5.99. The highest BCUT2D eigenvalue weighted by atomic mass is 35.5. The van der Waals surface area contributed by atoms with Gasteiger partial charge in [-0.3, -0.25) is 5.32 Å². The Balaban J connectivity index is 1.44. The summed E-state index contributed by atoms with van der Waals surface area (Å²) in [7, 11) is 0. The number of nitrogens with one attached hydrogen (secondary N) is 1. The zero-order valence-corrected chi connectivity index (χ0v) is 13.3. The highest BCUT2D eigenvalue weighted by Crippen LogP contribution is 2.42. The Morgan fingerprint density at radius 2 is 1.91 bits per heavy atom. The second-order valence-electron chi connectivity index (χ2n) is 6.46. The van der Waals surface area contributed by atoms with Gasteiger partial charge in [-0.2, -0.15) is 0 Å². The summed E-state index contributed by atoms with van der Waals surface area (Å²) in [5.74, 6) is 2.01. The van der Waals surface area contributed by atoms with Crippen molar-refractivity contribution < 1.29 is 4.42 Å². The molecule has 0 radical (unpaired) electrons. The number of benzene rings is 1. The summed E-state index contributed by atoms with van der Waals surface area (Å²) < 4.78 is 5.80. The van der Waals surface area contributed by atoms with Crippen molar-refractivity contribution in [1.29, 1.82) is 0 Å². The smallest absolute Gasteiger partial charge is 0.230 e. The van der Waals surface area contributed by atoms with Crippen LogP contribution < -0.4 is 5.32 Å². The van der Waals surface area contributed by atoms with Crippen molar-refractivity contribution in [3.63, 3.8) is 0 Å². The van der Waals surface area contributed by atoms with Gasteiger partial charge in [0.2, 0.25) is 11.8 Å². The van der Waals surface area contributed by atoms with Gasteiger partial charge in [0.1, 0.15) is 0 Å². The number of halogens is 1. The van der Waals surface area contributed by atoms with Crippen molar-refractivity contribution in [3.05, 3.63) is 46.6 Å². The van der Waals surface area contributed by atoms with E-state index >= 15 is 0 Å². The summed E-state index contributed by atoms with van der Waals surface area (Å²) in [6.07, 6.45) is 7.16. The Hall–Kier alpha value is -1.39. The van der Waals surface area contributed by atoms with Gasteiger partial charge < -0.3 is 4.42 Å². The minimum absolute atomic E-state index is 0.0374. The molecule has 2 aromatic rings. The van der Waals surface area contributed by atoms with Crippen LogP contribution in [0.25, 0.3) is 0 Å². The van der Waals surface area contributed by atoms with Gasteiger partial charge in [-0.1, -0.05) is 30.2 Å². The van der Waals surface area contributed by atoms with Crippen LogP contribution in [0.4, 0.5) is 0 Å². The van der Waals surface area contributed by atoms with Gasteiger partial charge in [0, 0.05) is 16.5 Å². The molecule has 4 nitrogen and oxygen atoms in total. The summed E-state index contributed by atoms with van der Waals surface area (Å²) in [5.41, 5.74) is 1.33. The lowest BCUT2D eigenvalue weighted by Gasteiger charge is -2.43. The third-order valence-electron chi connectivity index (χ3n) is 5.12. The van der Waals surface area contributed by atoms with Gasteiger partial charge >= 0.3 is 0 Å². The van der Waals surface area contributed by atoms with E-state index in [1.807, 2.05) is 12.1 Å². The second kappa shape index (κ2) is 5.67. The van der Waals surface area contributed by atoms with Crippen LogP contribution in [0.5, 0.6) is 0 Å². The number of rotatable bonds is 5. The van der Waals surface area contributed by atoms with E-state index in [4.69, 9.17) is 16.0 Å². The molecule has 0 unspecified atom stereocenters. The van der Waals surface area contributed by atoms with Gasteiger partial charge in [-0.25, -0.2) is 0 Å². The number of aromatic nitrogens is 2. The molecule has 0 atom stereocenters. The molecule has 4 rings (SSSR count). The molecule has 0 bridgehead atoms. The van der Waals surface area contributed by atoms with Crippen LogP contribution in [0, 0.1) is 0 Å². The highest BCUT2D eigenvalue weighted by Gasteiger charge is 2.38. The van der Waals surface area contributed by atoms with E-state index < -0.39 is 0 Å². The van der Waals surface area contributed by atoms with Crippen molar-refractivity contribution in [2.75, 3.05) is 0 Å². The summed E-state index contributed by atoms with van der Waals surface area (Å²) in [6, 6.07) is 8.14. The number of nitrogens with zero attached hydrogens (tertiary/aromatic N) is 2. The molecule has 1 aromatic carbocycles. The molecule has 116 valence electrons. The molecule has 1 aromatic heterocycles.